The summed E-state index contributed by atoms with van der Waals surface area (Å²) in [5.41, 5.74) is 5.42. The van der Waals surface area contributed by atoms with Crippen LogP contribution in [0, 0.1) is 0 Å². The van der Waals surface area contributed by atoms with E-state index < -0.39 is 6.04 Å². The van der Waals surface area contributed by atoms with Crippen molar-refractivity contribution in [3.05, 3.63) is 0 Å². The molecule has 0 saturated carbocycles. The molecule has 0 heterocycles. The van der Waals surface area contributed by atoms with Gasteiger partial charge in [0, 0.05) is 12.6 Å². The van der Waals surface area contributed by atoms with Crippen LogP contribution in [0.25, 0.3) is 0 Å². The number of rotatable bonds is 7. The van der Waals surface area contributed by atoms with E-state index in [-0.39, 0.29) is 5.91 Å². The Kier molecular flexibility index (Phi) is 7.34. The Bertz CT molecular complexity index is 181. The standard InChI is InChI=1S/C11H25N3O/c1-9(2)14(4)8-6-5-7-13-11(15)10(3)12/h9-10H,5-8,12H2,1-4H3,(H,13,15)/t10-/m1/s1. The first-order valence-electron chi connectivity index (χ1n) is 5.68. The zero-order valence-corrected chi connectivity index (χ0v) is 10.4. The van der Waals surface area contributed by atoms with E-state index in [9.17, 15) is 4.79 Å². The summed E-state index contributed by atoms with van der Waals surface area (Å²) in [5, 5.41) is 2.80. The summed E-state index contributed by atoms with van der Waals surface area (Å²) < 4.78 is 0. The lowest BCUT2D eigenvalue weighted by Gasteiger charge is -2.20. The minimum Gasteiger partial charge on any atom is -0.355 e. The molecule has 0 aromatic heterocycles. The highest BCUT2D eigenvalue weighted by atomic mass is 16.2. The van der Waals surface area contributed by atoms with Crippen molar-refractivity contribution in [3.8, 4) is 0 Å². The molecule has 0 aromatic rings. The van der Waals surface area contributed by atoms with Crippen molar-refractivity contribution in [1.29, 1.82) is 0 Å². The van der Waals surface area contributed by atoms with Crippen LogP contribution in [0.15, 0.2) is 0 Å². The van der Waals surface area contributed by atoms with Crippen LogP contribution in [0.3, 0.4) is 0 Å². The fraction of sp³-hybridized carbons (Fsp3) is 0.909. The third-order valence-electron chi connectivity index (χ3n) is 2.53. The highest BCUT2D eigenvalue weighted by Crippen LogP contribution is 1.97. The fourth-order valence-corrected chi connectivity index (χ4v) is 1.12. The van der Waals surface area contributed by atoms with Gasteiger partial charge in [0.2, 0.25) is 5.91 Å². The van der Waals surface area contributed by atoms with E-state index in [2.05, 4.69) is 31.1 Å². The maximum Gasteiger partial charge on any atom is 0.236 e. The summed E-state index contributed by atoms with van der Waals surface area (Å²) in [6.07, 6.45) is 2.11. The van der Waals surface area contributed by atoms with Gasteiger partial charge in [-0.3, -0.25) is 4.79 Å². The highest BCUT2D eigenvalue weighted by molar-refractivity contribution is 5.80. The maximum absolute atomic E-state index is 11.1. The van der Waals surface area contributed by atoms with Crippen LogP contribution < -0.4 is 11.1 Å². The zero-order chi connectivity index (χ0) is 11.8. The van der Waals surface area contributed by atoms with Crippen molar-refractivity contribution in [2.45, 2.75) is 45.7 Å². The first-order chi connectivity index (χ1) is 6.95. The summed E-state index contributed by atoms with van der Waals surface area (Å²) in [5.74, 6) is -0.0628. The van der Waals surface area contributed by atoms with Gasteiger partial charge in [-0.15, -0.1) is 0 Å². The Morgan fingerprint density at radius 2 is 1.93 bits per heavy atom. The molecule has 0 aliphatic heterocycles. The van der Waals surface area contributed by atoms with Crippen molar-refractivity contribution in [3.63, 3.8) is 0 Å². The Labute approximate surface area is 93.2 Å². The van der Waals surface area contributed by atoms with Crippen molar-refractivity contribution in [2.24, 2.45) is 5.73 Å². The minimum absolute atomic E-state index is 0.0628. The van der Waals surface area contributed by atoms with Crippen molar-refractivity contribution >= 4 is 5.91 Å². The fourth-order valence-electron chi connectivity index (χ4n) is 1.12. The zero-order valence-electron chi connectivity index (χ0n) is 10.4. The lowest BCUT2D eigenvalue weighted by atomic mass is 10.2. The predicted molar refractivity (Wildman–Crippen MR) is 63.7 cm³/mol. The molecule has 0 aromatic carbocycles. The average molecular weight is 215 g/mol. The van der Waals surface area contributed by atoms with Crippen LogP contribution in [-0.4, -0.2) is 43.0 Å². The number of hydrogen-bond donors (Lipinski definition) is 2. The largest absolute Gasteiger partial charge is 0.355 e. The molecule has 0 unspecified atom stereocenters. The second-order valence-electron chi connectivity index (χ2n) is 4.36. The highest BCUT2D eigenvalue weighted by Gasteiger charge is 2.05. The summed E-state index contributed by atoms with van der Waals surface area (Å²) in [7, 11) is 2.12. The summed E-state index contributed by atoms with van der Waals surface area (Å²) in [6.45, 7) is 7.86. The Morgan fingerprint density at radius 3 is 2.40 bits per heavy atom. The van der Waals surface area contributed by atoms with Gasteiger partial charge in [-0.05, 0) is 47.2 Å². The molecule has 3 N–H and O–H groups in total. The van der Waals surface area contributed by atoms with Crippen LogP contribution >= 0.6 is 0 Å². The number of nitrogens with two attached hydrogens (primary N) is 1. The molecule has 0 spiro atoms. The van der Waals surface area contributed by atoms with Gasteiger partial charge in [-0.25, -0.2) is 0 Å². The Morgan fingerprint density at radius 1 is 1.33 bits per heavy atom. The predicted octanol–water partition coefficient (Wildman–Crippen LogP) is 0.570. The Hall–Kier alpha value is -0.610. The summed E-state index contributed by atoms with van der Waals surface area (Å²) in [6, 6.07) is 0.187. The molecule has 0 fully saturated rings. The first kappa shape index (κ1) is 14.4. The van der Waals surface area contributed by atoms with Crippen LogP contribution in [0.5, 0.6) is 0 Å². The van der Waals surface area contributed by atoms with Crippen LogP contribution in [0.1, 0.15) is 33.6 Å². The number of hydrogen-bond acceptors (Lipinski definition) is 3. The molecular weight excluding hydrogens is 190 g/mol. The number of nitrogens with one attached hydrogen (secondary N) is 1. The second-order valence-corrected chi connectivity index (χ2v) is 4.36. The number of amides is 1. The van der Waals surface area contributed by atoms with Gasteiger partial charge < -0.3 is 16.0 Å². The first-order valence-corrected chi connectivity index (χ1v) is 5.68. The summed E-state index contributed by atoms with van der Waals surface area (Å²) in [4.78, 5) is 13.4. The molecular formula is C11H25N3O. The molecule has 0 aliphatic rings. The van der Waals surface area contributed by atoms with Crippen LogP contribution in [-0.2, 0) is 4.79 Å². The van der Waals surface area contributed by atoms with Gasteiger partial charge in [0.05, 0.1) is 6.04 Å². The molecule has 1 amide bonds. The lowest BCUT2D eigenvalue weighted by Crippen LogP contribution is -2.38. The maximum atomic E-state index is 11.1. The Balaban J connectivity index is 3.36. The lowest BCUT2D eigenvalue weighted by molar-refractivity contribution is -0.121. The van der Waals surface area contributed by atoms with E-state index in [1.54, 1.807) is 6.92 Å². The molecule has 0 bridgehead atoms. The SMILES string of the molecule is CC(C)N(C)CCCCNC(=O)[C@@H](C)N. The number of carbonyl (C=O) groups is 1. The molecule has 1 atom stereocenters. The van der Waals surface area contributed by atoms with E-state index in [1.807, 2.05) is 0 Å². The third-order valence-corrected chi connectivity index (χ3v) is 2.53. The second kappa shape index (κ2) is 7.65. The number of unbranched alkanes of at least 4 members (excludes halogenated alkanes) is 1. The smallest absolute Gasteiger partial charge is 0.236 e. The van der Waals surface area contributed by atoms with E-state index >= 15 is 0 Å². The molecule has 4 nitrogen and oxygen atoms in total. The van der Waals surface area contributed by atoms with Crippen molar-refractivity contribution in [1.82, 2.24) is 10.2 Å². The topological polar surface area (TPSA) is 58.4 Å². The van der Waals surface area contributed by atoms with E-state index in [0.29, 0.717) is 6.04 Å². The van der Waals surface area contributed by atoms with E-state index in [4.69, 9.17) is 5.73 Å². The molecule has 4 heteroatoms. The van der Waals surface area contributed by atoms with E-state index in [0.717, 1.165) is 25.9 Å². The normalized spacial score (nSPS) is 13.3. The average Bonchev–Trinajstić information content (AvgIpc) is 2.16. The minimum atomic E-state index is -0.400. The van der Waals surface area contributed by atoms with E-state index in [1.165, 1.54) is 0 Å². The quantitative estimate of drug-likeness (QED) is 0.610. The third kappa shape index (κ3) is 7.33. The van der Waals surface area contributed by atoms with Gasteiger partial charge in [-0.1, -0.05) is 0 Å². The molecule has 0 saturated heterocycles. The molecule has 0 rings (SSSR count). The van der Waals surface area contributed by atoms with Gasteiger partial charge in [0.25, 0.3) is 0 Å². The number of carbonyl (C=O) groups excluding carboxylic acids is 1. The van der Waals surface area contributed by atoms with Gasteiger partial charge in [0.15, 0.2) is 0 Å². The summed E-state index contributed by atoms with van der Waals surface area (Å²) >= 11 is 0. The van der Waals surface area contributed by atoms with Gasteiger partial charge in [-0.2, -0.15) is 0 Å². The monoisotopic (exact) mass is 215 g/mol. The van der Waals surface area contributed by atoms with Crippen molar-refractivity contribution < 1.29 is 4.79 Å². The number of nitrogens with zero attached hydrogens (tertiary/aromatic N) is 1. The van der Waals surface area contributed by atoms with Crippen molar-refractivity contribution in [2.75, 3.05) is 20.1 Å². The van der Waals surface area contributed by atoms with Crippen LogP contribution in [0.2, 0.25) is 0 Å². The van der Waals surface area contributed by atoms with Gasteiger partial charge >= 0.3 is 0 Å². The van der Waals surface area contributed by atoms with Crippen LogP contribution in [0.4, 0.5) is 0 Å². The molecule has 90 valence electrons. The van der Waals surface area contributed by atoms with Gasteiger partial charge in [0.1, 0.15) is 0 Å². The molecule has 15 heavy (non-hydrogen) atoms. The molecule has 0 radical (unpaired) electrons. The molecule has 0 aliphatic carbocycles.